The van der Waals surface area contributed by atoms with Crippen LogP contribution < -0.4 is 16.6 Å². The molecule has 0 radical (unpaired) electrons. The number of carbonyl (C=O) groups is 1. The summed E-state index contributed by atoms with van der Waals surface area (Å²) in [5.74, 6) is -0.440. The van der Waals surface area contributed by atoms with Crippen molar-refractivity contribution in [1.82, 2.24) is 10.4 Å². The van der Waals surface area contributed by atoms with Crippen molar-refractivity contribution in [1.29, 1.82) is 0 Å². The monoisotopic (exact) mass is 311 g/mol. The Balaban J connectivity index is 1.92. The maximum atomic E-state index is 12.1. The molecule has 0 atom stereocenters. The third-order valence-corrected chi connectivity index (χ3v) is 3.42. The second-order valence-electron chi connectivity index (χ2n) is 4.67. The molecule has 1 aliphatic rings. The lowest BCUT2D eigenvalue weighted by atomic mass is 10.1. The van der Waals surface area contributed by atoms with E-state index in [4.69, 9.17) is 18.0 Å². The van der Waals surface area contributed by atoms with Crippen LogP contribution in [0.25, 0.3) is 10.8 Å². The molecule has 2 aromatic rings. The van der Waals surface area contributed by atoms with Gasteiger partial charge in [0.2, 0.25) is 0 Å². The van der Waals surface area contributed by atoms with Crippen LogP contribution >= 0.6 is 12.2 Å². The first kappa shape index (κ1) is 14.0. The molecule has 110 valence electrons. The van der Waals surface area contributed by atoms with Gasteiger partial charge in [-0.3, -0.25) is 15.6 Å². The molecule has 3 rings (SSSR count). The molecule has 1 saturated heterocycles. The maximum absolute atomic E-state index is 12.1. The van der Waals surface area contributed by atoms with Crippen molar-refractivity contribution in [2.24, 2.45) is 10.8 Å². The van der Waals surface area contributed by atoms with Gasteiger partial charge in [0.05, 0.1) is 11.4 Å². The second-order valence-corrected chi connectivity index (χ2v) is 5.09. The van der Waals surface area contributed by atoms with Gasteiger partial charge in [0, 0.05) is 5.39 Å². The number of hydrogen-bond acceptors (Lipinski definition) is 5. The molecule has 1 fully saturated rings. The van der Waals surface area contributed by atoms with Gasteiger partial charge in [0.15, 0.2) is 10.8 Å². The first-order chi connectivity index (χ1) is 10.6. The minimum atomic E-state index is -0.440. The third-order valence-electron chi connectivity index (χ3n) is 3.24. The number of amides is 1. The lowest BCUT2D eigenvalue weighted by Gasteiger charge is -2.11. The average Bonchev–Trinajstić information content (AvgIpc) is 2.80. The van der Waals surface area contributed by atoms with Gasteiger partial charge in [0.25, 0.3) is 0 Å². The largest absolute Gasteiger partial charge is 0.374 e. The van der Waals surface area contributed by atoms with E-state index in [2.05, 4.69) is 22.5 Å². The number of carbonyl (C=O) groups excluding carboxylic acids is 1. The van der Waals surface area contributed by atoms with Crippen molar-refractivity contribution in [2.75, 3.05) is 5.43 Å². The van der Waals surface area contributed by atoms with Crippen LogP contribution in [0.3, 0.4) is 0 Å². The number of nitrogens with one attached hydrogen (secondary N) is 2. The number of hydrogen-bond donors (Lipinski definition) is 3. The zero-order valence-electron chi connectivity index (χ0n) is 11.5. The van der Waals surface area contributed by atoms with Crippen molar-refractivity contribution in [3.63, 3.8) is 0 Å². The zero-order valence-corrected chi connectivity index (χ0v) is 12.4. The first-order valence-corrected chi connectivity index (χ1v) is 6.90. The number of anilines is 1. The maximum Gasteiger partial charge on any atom is 0.301 e. The molecule has 1 heterocycles. The van der Waals surface area contributed by atoms with E-state index in [9.17, 15) is 4.79 Å². The summed E-state index contributed by atoms with van der Waals surface area (Å²) in [6.07, 6.45) is 0. The molecule has 22 heavy (non-hydrogen) atoms. The van der Waals surface area contributed by atoms with Gasteiger partial charge in [-0.2, -0.15) is 10.1 Å². The summed E-state index contributed by atoms with van der Waals surface area (Å²) in [7, 11) is 0. The minimum absolute atomic E-state index is 0.0819. The Kier molecular flexibility index (Phi) is 3.48. The summed E-state index contributed by atoms with van der Waals surface area (Å²) in [6.45, 7) is 3.73. The Morgan fingerprint density at radius 3 is 2.73 bits per heavy atom. The summed E-state index contributed by atoms with van der Waals surface area (Å²) >= 11 is 4.78. The van der Waals surface area contributed by atoms with E-state index in [1.807, 2.05) is 42.5 Å². The van der Waals surface area contributed by atoms with Crippen LogP contribution in [-0.2, 0) is 4.79 Å². The molecule has 0 spiro atoms. The molecule has 4 N–H and O–H groups in total. The standard InChI is InChI=1S/C15H13N5OS/c1-9-13(14(21)20(19-9)15(16)22)18-17-12-8-4-6-10-5-2-3-7-11(10)12/h2-8,17,19H,1H2,(H2,16,22). The van der Waals surface area contributed by atoms with E-state index in [0.29, 0.717) is 5.70 Å². The lowest BCUT2D eigenvalue weighted by molar-refractivity contribution is -0.120. The molecule has 0 saturated carbocycles. The van der Waals surface area contributed by atoms with Gasteiger partial charge in [-0.25, -0.2) is 0 Å². The molecular formula is C15H13N5OS. The Bertz CT molecular complexity index is 824. The SMILES string of the molecule is C=C1NN(C(N)=S)C(=O)C1=NNc1cccc2ccccc12. The van der Waals surface area contributed by atoms with Crippen molar-refractivity contribution in [2.45, 2.75) is 0 Å². The second kappa shape index (κ2) is 5.45. The molecule has 6 nitrogen and oxygen atoms in total. The predicted octanol–water partition coefficient (Wildman–Crippen LogP) is 1.71. The first-order valence-electron chi connectivity index (χ1n) is 6.49. The number of benzene rings is 2. The van der Waals surface area contributed by atoms with Gasteiger partial charge in [-0.05, 0) is 23.7 Å². The van der Waals surface area contributed by atoms with Crippen molar-refractivity contribution in [3.8, 4) is 0 Å². The molecule has 1 aliphatic heterocycles. The van der Waals surface area contributed by atoms with Crippen molar-refractivity contribution < 1.29 is 4.79 Å². The van der Waals surface area contributed by atoms with Gasteiger partial charge in [-0.15, -0.1) is 0 Å². The zero-order chi connectivity index (χ0) is 15.7. The average molecular weight is 311 g/mol. The highest BCUT2D eigenvalue weighted by Crippen LogP contribution is 2.23. The van der Waals surface area contributed by atoms with Crippen LogP contribution in [0.5, 0.6) is 0 Å². The quantitative estimate of drug-likeness (QED) is 0.581. The summed E-state index contributed by atoms with van der Waals surface area (Å²) in [5, 5.41) is 7.16. The summed E-state index contributed by atoms with van der Waals surface area (Å²) < 4.78 is 0. The van der Waals surface area contributed by atoms with Crippen molar-refractivity contribution in [3.05, 3.63) is 54.7 Å². The lowest BCUT2D eigenvalue weighted by Crippen LogP contribution is -2.43. The van der Waals surface area contributed by atoms with Gasteiger partial charge < -0.3 is 5.73 Å². The van der Waals surface area contributed by atoms with Crippen LogP contribution in [0.4, 0.5) is 5.69 Å². The Labute approximate surface area is 132 Å². The van der Waals surface area contributed by atoms with E-state index in [1.54, 1.807) is 0 Å². The van der Waals surface area contributed by atoms with Gasteiger partial charge >= 0.3 is 5.91 Å². The molecular weight excluding hydrogens is 298 g/mol. The van der Waals surface area contributed by atoms with E-state index >= 15 is 0 Å². The summed E-state index contributed by atoms with van der Waals surface area (Å²) in [6, 6.07) is 13.7. The molecule has 0 aliphatic carbocycles. The van der Waals surface area contributed by atoms with Crippen LogP contribution in [0.15, 0.2) is 59.8 Å². The molecule has 7 heteroatoms. The number of fused-ring (bicyclic) bond motifs is 1. The van der Waals surface area contributed by atoms with Gasteiger partial charge in [0.1, 0.15) is 0 Å². The van der Waals surface area contributed by atoms with Crippen LogP contribution in [-0.4, -0.2) is 21.7 Å². The topological polar surface area (TPSA) is 82.8 Å². The van der Waals surface area contributed by atoms with Gasteiger partial charge in [-0.1, -0.05) is 43.0 Å². The Morgan fingerprint density at radius 1 is 1.27 bits per heavy atom. The summed E-state index contributed by atoms with van der Waals surface area (Å²) in [5.41, 5.74) is 12.3. The van der Waals surface area contributed by atoms with E-state index < -0.39 is 5.91 Å². The number of thiocarbonyl (C=S) groups is 1. The number of hydrazone groups is 1. The summed E-state index contributed by atoms with van der Waals surface area (Å²) in [4.78, 5) is 12.1. The van der Waals surface area contributed by atoms with E-state index in [0.717, 1.165) is 21.5 Å². The molecule has 2 aromatic carbocycles. The third kappa shape index (κ3) is 2.38. The molecule has 1 amide bonds. The highest BCUT2D eigenvalue weighted by atomic mass is 32.1. The van der Waals surface area contributed by atoms with Crippen LogP contribution in [0.1, 0.15) is 0 Å². The normalized spacial score (nSPS) is 16.2. The molecule has 0 unspecified atom stereocenters. The fraction of sp³-hybridized carbons (Fsp3) is 0. The highest BCUT2D eigenvalue weighted by Gasteiger charge is 2.32. The van der Waals surface area contributed by atoms with Crippen LogP contribution in [0.2, 0.25) is 0 Å². The van der Waals surface area contributed by atoms with Crippen molar-refractivity contribution >= 4 is 45.4 Å². The molecule has 0 bridgehead atoms. The minimum Gasteiger partial charge on any atom is -0.374 e. The van der Waals surface area contributed by atoms with E-state index in [-0.39, 0.29) is 10.8 Å². The fourth-order valence-electron chi connectivity index (χ4n) is 2.18. The predicted molar refractivity (Wildman–Crippen MR) is 90.9 cm³/mol. The molecule has 0 aromatic heterocycles. The van der Waals surface area contributed by atoms with E-state index in [1.165, 1.54) is 0 Å². The Morgan fingerprint density at radius 2 is 2.00 bits per heavy atom. The number of nitrogens with zero attached hydrogens (tertiary/aromatic N) is 2. The highest BCUT2D eigenvalue weighted by molar-refractivity contribution is 7.80. The van der Waals surface area contributed by atoms with Crippen LogP contribution in [0, 0.1) is 0 Å². The smallest absolute Gasteiger partial charge is 0.301 e. The Hall–Kier alpha value is -2.93. The number of hydrazine groups is 1. The number of nitrogens with two attached hydrogens (primary N) is 1. The fourth-order valence-corrected chi connectivity index (χ4v) is 2.31. The number of rotatable bonds is 2.